The number of rotatable bonds is 3. The van der Waals surface area contributed by atoms with Crippen LogP contribution in [0.1, 0.15) is 24.0 Å². The van der Waals surface area contributed by atoms with Crippen molar-refractivity contribution in [2.24, 2.45) is 0 Å². The van der Waals surface area contributed by atoms with E-state index in [1.165, 1.54) is 5.56 Å². The number of carbonyl (C=O) groups excluding carboxylic acids is 1. The van der Waals surface area contributed by atoms with Gasteiger partial charge in [0.05, 0.1) is 5.92 Å². The second kappa shape index (κ2) is 5.50. The Hall–Kier alpha value is -2.09. The molecule has 1 N–H and O–H groups in total. The van der Waals surface area contributed by atoms with E-state index in [-0.39, 0.29) is 11.8 Å². The lowest BCUT2D eigenvalue weighted by atomic mass is 10.0. The summed E-state index contributed by atoms with van der Waals surface area (Å²) in [5.74, 6) is -0.127. The zero-order chi connectivity index (χ0) is 13.0. The van der Waals surface area contributed by atoms with Gasteiger partial charge in [-0.15, -0.1) is 0 Å². The molecule has 0 aliphatic carbocycles. The summed E-state index contributed by atoms with van der Waals surface area (Å²) in [6.45, 7) is 3.94. The molecule has 0 radical (unpaired) electrons. The molecule has 0 heterocycles. The van der Waals surface area contributed by atoms with Crippen LogP contribution in [0.2, 0.25) is 0 Å². The van der Waals surface area contributed by atoms with E-state index in [1.54, 1.807) is 0 Å². The molecule has 2 rings (SSSR count). The lowest BCUT2D eigenvalue weighted by Crippen LogP contribution is -2.18. The number of aryl methyl sites for hydroxylation is 1. The molecule has 2 aromatic rings. The van der Waals surface area contributed by atoms with Crippen LogP contribution in [0.3, 0.4) is 0 Å². The Morgan fingerprint density at radius 2 is 1.61 bits per heavy atom. The van der Waals surface area contributed by atoms with Gasteiger partial charge in [0.25, 0.3) is 0 Å². The molecule has 92 valence electrons. The Morgan fingerprint density at radius 3 is 2.22 bits per heavy atom. The van der Waals surface area contributed by atoms with Gasteiger partial charge in [-0.25, -0.2) is 0 Å². The van der Waals surface area contributed by atoms with Crippen LogP contribution in [0.25, 0.3) is 0 Å². The molecule has 0 aliphatic heterocycles. The molecule has 18 heavy (non-hydrogen) atoms. The van der Waals surface area contributed by atoms with Crippen molar-refractivity contribution in [3.63, 3.8) is 0 Å². The van der Waals surface area contributed by atoms with Crippen molar-refractivity contribution < 1.29 is 4.79 Å². The van der Waals surface area contributed by atoms with Gasteiger partial charge in [0.15, 0.2) is 0 Å². The van der Waals surface area contributed by atoms with Gasteiger partial charge >= 0.3 is 0 Å². The predicted octanol–water partition coefficient (Wildman–Crippen LogP) is 3.74. The average molecular weight is 239 g/mol. The van der Waals surface area contributed by atoms with Crippen molar-refractivity contribution in [2.45, 2.75) is 19.8 Å². The molecule has 0 fully saturated rings. The Kier molecular flexibility index (Phi) is 3.78. The number of hydrogen-bond donors (Lipinski definition) is 1. The van der Waals surface area contributed by atoms with Crippen molar-refractivity contribution in [3.8, 4) is 0 Å². The number of nitrogens with one attached hydrogen (secondary N) is 1. The minimum absolute atomic E-state index is 0.0186. The quantitative estimate of drug-likeness (QED) is 0.868. The highest BCUT2D eigenvalue weighted by molar-refractivity contribution is 5.95. The van der Waals surface area contributed by atoms with Crippen LogP contribution in [-0.4, -0.2) is 5.91 Å². The molecule has 2 aromatic carbocycles. The van der Waals surface area contributed by atoms with E-state index in [0.717, 1.165) is 11.3 Å². The fourth-order valence-electron chi connectivity index (χ4n) is 1.78. The highest BCUT2D eigenvalue weighted by atomic mass is 16.1. The van der Waals surface area contributed by atoms with Crippen LogP contribution >= 0.6 is 0 Å². The molecular weight excluding hydrogens is 222 g/mol. The number of benzene rings is 2. The van der Waals surface area contributed by atoms with Crippen molar-refractivity contribution >= 4 is 11.6 Å². The van der Waals surface area contributed by atoms with Gasteiger partial charge in [0.1, 0.15) is 0 Å². The lowest BCUT2D eigenvalue weighted by Gasteiger charge is -2.12. The first kappa shape index (κ1) is 12.4. The van der Waals surface area contributed by atoms with E-state index in [0.29, 0.717) is 0 Å². The number of hydrogen-bond acceptors (Lipinski definition) is 1. The summed E-state index contributed by atoms with van der Waals surface area (Å²) in [6.07, 6.45) is 0. The normalized spacial score (nSPS) is 11.9. The van der Waals surface area contributed by atoms with Crippen LogP contribution in [0, 0.1) is 6.92 Å². The van der Waals surface area contributed by atoms with Crippen LogP contribution in [0.15, 0.2) is 54.6 Å². The summed E-state index contributed by atoms with van der Waals surface area (Å²) in [5, 5.41) is 2.93. The maximum atomic E-state index is 12.1. The van der Waals surface area contributed by atoms with Crippen LogP contribution in [-0.2, 0) is 4.79 Å². The Morgan fingerprint density at radius 1 is 1.00 bits per heavy atom. The first-order valence-electron chi connectivity index (χ1n) is 6.09. The molecule has 0 saturated carbocycles. The van der Waals surface area contributed by atoms with Gasteiger partial charge in [0, 0.05) is 5.69 Å². The second-order valence-electron chi connectivity index (χ2n) is 4.49. The fourth-order valence-corrected chi connectivity index (χ4v) is 1.78. The largest absolute Gasteiger partial charge is 0.326 e. The Bertz CT molecular complexity index is 517. The smallest absolute Gasteiger partial charge is 0.231 e. The number of amides is 1. The van der Waals surface area contributed by atoms with Crippen molar-refractivity contribution in [3.05, 3.63) is 65.7 Å². The van der Waals surface area contributed by atoms with Crippen molar-refractivity contribution in [2.75, 3.05) is 5.32 Å². The highest BCUT2D eigenvalue weighted by Crippen LogP contribution is 2.17. The summed E-state index contributed by atoms with van der Waals surface area (Å²) < 4.78 is 0. The average Bonchev–Trinajstić information content (AvgIpc) is 2.41. The second-order valence-corrected chi connectivity index (χ2v) is 4.49. The molecule has 0 spiro atoms. The topological polar surface area (TPSA) is 29.1 Å². The molecule has 0 aliphatic rings. The lowest BCUT2D eigenvalue weighted by molar-refractivity contribution is -0.117. The molecule has 1 amide bonds. The standard InChI is InChI=1S/C16H17NO/c1-12-8-10-15(11-9-12)17-16(18)13(2)14-6-4-3-5-7-14/h3-11,13H,1-2H3,(H,17,18)/t13-/m0/s1. The summed E-state index contributed by atoms with van der Waals surface area (Å²) >= 11 is 0. The molecule has 0 unspecified atom stereocenters. The summed E-state index contributed by atoms with van der Waals surface area (Å²) in [6, 6.07) is 17.6. The van der Waals surface area contributed by atoms with Crippen LogP contribution in [0.5, 0.6) is 0 Å². The van der Waals surface area contributed by atoms with Gasteiger partial charge in [0.2, 0.25) is 5.91 Å². The highest BCUT2D eigenvalue weighted by Gasteiger charge is 2.14. The van der Waals surface area contributed by atoms with Gasteiger partial charge in [-0.3, -0.25) is 4.79 Å². The van der Waals surface area contributed by atoms with Crippen LogP contribution in [0.4, 0.5) is 5.69 Å². The van der Waals surface area contributed by atoms with Gasteiger partial charge < -0.3 is 5.32 Å². The minimum atomic E-state index is -0.146. The summed E-state index contributed by atoms with van der Waals surface area (Å²) in [4.78, 5) is 12.1. The van der Waals surface area contributed by atoms with E-state index >= 15 is 0 Å². The van der Waals surface area contributed by atoms with E-state index in [1.807, 2.05) is 68.4 Å². The minimum Gasteiger partial charge on any atom is -0.326 e. The van der Waals surface area contributed by atoms with E-state index in [9.17, 15) is 4.79 Å². The third-order valence-corrected chi connectivity index (χ3v) is 3.01. The molecule has 1 atom stereocenters. The number of carbonyl (C=O) groups is 1. The summed E-state index contributed by atoms with van der Waals surface area (Å²) in [5.41, 5.74) is 3.06. The molecule has 2 nitrogen and oxygen atoms in total. The van der Waals surface area contributed by atoms with Crippen molar-refractivity contribution in [1.82, 2.24) is 0 Å². The monoisotopic (exact) mass is 239 g/mol. The Labute approximate surface area is 108 Å². The van der Waals surface area contributed by atoms with Crippen molar-refractivity contribution in [1.29, 1.82) is 0 Å². The van der Waals surface area contributed by atoms with Gasteiger partial charge in [-0.05, 0) is 31.5 Å². The zero-order valence-electron chi connectivity index (χ0n) is 10.7. The third-order valence-electron chi connectivity index (χ3n) is 3.01. The molecule has 0 saturated heterocycles. The van der Waals surface area contributed by atoms with E-state index < -0.39 is 0 Å². The fraction of sp³-hybridized carbons (Fsp3) is 0.188. The molecule has 0 bridgehead atoms. The Balaban J connectivity index is 2.06. The number of anilines is 1. The predicted molar refractivity (Wildman–Crippen MR) is 74.7 cm³/mol. The van der Waals surface area contributed by atoms with Gasteiger partial charge in [-0.1, -0.05) is 48.0 Å². The van der Waals surface area contributed by atoms with E-state index in [2.05, 4.69) is 5.32 Å². The first-order chi connectivity index (χ1) is 8.66. The first-order valence-corrected chi connectivity index (χ1v) is 6.09. The van der Waals surface area contributed by atoms with E-state index in [4.69, 9.17) is 0 Å². The maximum Gasteiger partial charge on any atom is 0.231 e. The molecule has 0 aromatic heterocycles. The third kappa shape index (κ3) is 2.98. The molecular formula is C16H17NO. The summed E-state index contributed by atoms with van der Waals surface area (Å²) in [7, 11) is 0. The zero-order valence-corrected chi connectivity index (χ0v) is 10.7. The SMILES string of the molecule is Cc1ccc(NC(=O)[C@@H](C)c2ccccc2)cc1. The maximum absolute atomic E-state index is 12.1. The van der Waals surface area contributed by atoms with Gasteiger partial charge in [-0.2, -0.15) is 0 Å². The molecule has 2 heteroatoms. The van der Waals surface area contributed by atoms with Crippen LogP contribution < -0.4 is 5.32 Å².